The van der Waals surface area contributed by atoms with E-state index in [4.69, 9.17) is 25.9 Å². The summed E-state index contributed by atoms with van der Waals surface area (Å²) in [4.78, 5) is 54.8. The third kappa shape index (κ3) is 18.3. The van der Waals surface area contributed by atoms with Crippen molar-refractivity contribution in [3.63, 3.8) is 0 Å². The van der Waals surface area contributed by atoms with Crippen molar-refractivity contribution >= 4 is 41.1 Å². The lowest BCUT2D eigenvalue weighted by Gasteiger charge is -2.21. The molecule has 1 rings (SSSR count). The molecule has 0 radical (unpaired) electrons. The maximum Gasteiger partial charge on any atom is 0.312 e. The molecule has 216 valence electrons. The van der Waals surface area contributed by atoms with Gasteiger partial charge >= 0.3 is 6.03 Å². The average molecular weight is 544 g/mol. The molecule has 1 atom stereocenters. The first-order chi connectivity index (χ1) is 17.8. The number of primary amides is 1. The summed E-state index contributed by atoms with van der Waals surface area (Å²) in [6.45, 7) is 6.83. The number of nitrogens with two attached hydrogens (primary N) is 1. The number of urea groups is 1. The lowest BCUT2D eigenvalue weighted by molar-refractivity contribution is -0.134. The van der Waals surface area contributed by atoms with Crippen LogP contribution in [-0.4, -0.2) is 77.9 Å². The normalized spacial score (nSPS) is 10.4. The lowest BCUT2D eigenvalue weighted by atomic mass is 10.0. The Kier molecular flexibility index (Phi) is 20.2. The van der Waals surface area contributed by atoms with Crippen LogP contribution in [0.1, 0.15) is 39.7 Å². The Morgan fingerprint density at radius 1 is 1.03 bits per heavy atom. The summed E-state index contributed by atoms with van der Waals surface area (Å²) in [5.74, 6) is -2.24. The Labute approximate surface area is 221 Å². The first-order valence-electron chi connectivity index (χ1n) is 11.7. The standard InChI is InChI=1S/C17H27N5O5.C4H10N2O.C2H4O2/c1-10(2)16(21-14(24)7-18-3)17(26)19-8-15(25)20-12-5-4-11(9-23)13(6-12)22-27;1-2-3-6-4(5)7;1-2(3)4/h4-6,10,16,18,22-23,27H,7-9H2,1-3H3,(H,19,26)(H,20,25)(H,21,24);2-3H2,1H3,(H3,5,6,7);1H3,(H,3,4). The molecule has 11 N–H and O–H groups in total. The van der Waals surface area contributed by atoms with Crippen molar-refractivity contribution in [3.05, 3.63) is 23.8 Å². The van der Waals surface area contributed by atoms with E-state index in [0.717, 1.165) is 13.3 Å². The van der Waals surface area contributed by atoms with Gasteiger partial charge in [-0.3, -0.25) is 29.9 Å². The predicted molar refractivity (Wildman–Crippen MR) is 141 cm³/mol. The van der Waals surface area contributed by atoms with Crippen molar-refractivity contribution in [2.24, 2.45) is 11.7 Å². The van der Waals surface area contributed by atoms with E-state index in [2.05, 4.69) is 26.6 Å². The molecule has 0 aliphatic rings. The molecule has 0 aliphatic heterocycles. The number of amides is 5. The predicted octanol–water partition coefficient (Wildman–Crippen LogP) is -0.449. The Morgan fingerprint density at radius 3 is 2.05 bits per heavy atom. The van der Waals surface area contributed by atoms with Crippen LogP contribution in [0, 0.1) is 5.92 Å². The zero-order valence-corrected chi connectivity index (χ0v) is 22.4. The Balaban J connectivity index is 0. The SMILES string of the molecule is CC(=O)O.CCCNC(N)=O.CNCC(=O)NC(C(=O)NCC(=O)Nc1ccc(CO)c(NO)c1)C(C)C. The highest BCUT2D eigenvalue weighted by molar-refractivity contribution is 5.96. The number of nitrogens with one attached hydrogen (secondary N) is 6. The Bertz CT molecular complexity index is 893. The van der Waals surface area contributed by atoms with Crippen LogP contribution < -0.4 is 37.8 Å². The average Bonchev–Trinajstić information content (AvgIpc) is 2.84. The van der Waals surface area contributed by atoms with E-state index in [-0.39, 0.29) is 37.2 Å². The molecule has 0 aromatic heterocycles. The number of hydrogen-bond acceptors (Lipinski definition) is 9. The van der Waals surface area contributed by atoms with Gasteiger partial charge < -0.3 is 42.5 Å². The van der Waals surface area contributed by atoms with E-state index < -0.39 is 29.9 Å². The highest BCUT2D eigenvalue weighted by Gasteiger charge is 2.24. The molecule has 0 fully saturated rings. The highest BCUT2D eigenvalue weighted by atomic mass is 16.5. The van der Waals surface area contributed by atoms with Crippen molar-refractivity contribution < 1.29 is 39.4 Å². The van der Waals surface area contributed by atoms with Gasteiger partial charge in [-0.25, -0.2) is 4.79 Å². The molecule has 0 saturated carbocycles. The molecule has 1 aromatic carbocycles. The van der Waals surface area contributed by atoms with Crippen LogP contribution in [0.15, 0.2) is 18.2 Å². The van der Waals surface area contributed by atoms with Gasteiger partial charge in [0, 0.05) is 24.7 Å². The van der Waals surface area contributed by atoms with Gasteiger partial charge in [-0.05, 0) is 31.5 Å². The molecule has 0 heterocycles. The van der Waals surface area contributed by atoms with E-state index in [1.807, 2.05) is 12.4 Å². The molecule has 0 bridgehead atoms. The number of benzene rings is 1. The van der Waals surface area contributed by atoms with Crippen LogP contribution in [0.2, 0.25) is 0 Å². The van der Waals surface area contributed by atoms with Crippen molar-refractivity contribution in [2.75, 3.05) is 37.5 Å². The minimum Gasteiger partial charge on any atom is -0.481 e. The molecule has 0 saturated heterocycles. The van der Waals surface area contributed by atoms with Crippen LogP contribution in [0.3, 0.4) is 0 Å². The third-order valence-electron chi connectivity index (χ3n) is 4.26. The summed E-state index contributed by atoms with van der Waals surface area (Å²) < 4.78 is 0. The van der Waals surface area contributed by atoms with Crippen LogP contribution >= 0.6 is 0 Å². The van der Waals surface area contributed by atoms with Gasteiger partial charge in [-0.15, -0.1) is 0 Å². The summed E-state index contributed by atoms with van der Waals surface area (Å²) in [7, 11) is 1.62. The summed E-state index contributed by atoms with van der Waals surface area (Å²) in [5.41, 5.74) is 7.76. The van der Waals surface area contributed by atoms with Gasteiger partial charge in [-0.1, -0.05) is 26.8 Å². The van der Waals surface area contributed by atoms with E-state index in [0.29, 0.717) is 17.8 Å². The molecule has 38 heavy (non-hydrogen) atoms. The molecular formula is C23H41N7O8. The number of carbonyl (C=O) groups is 5. The number of anilines is 2. The number of carboxylic acid groups (broad SMARTS) is 1. The zero-order valence-electron chi connectivity index (χ0n) is 22.4. The lowest BCUT2D eigenvalue weighted by Crippen LogP contribution is -2.52. The molecule has 1 aromatic rings. The maximum atomic E-state index is 12.3. The van der Waals surface area contributed by atoms with Gasteiger partial charge in [0.2, 0.25) is 17.7 Å². The van der Waals surface area contributed by atoms with Gasteiger partial charge in [0.05, 0.1) is 25.4 Å². The van der Waals surface area contributed by atoms with Crippen LogP contribution in [0.25, 0.3) is 0 Å². The molecular weight excluding hydrogens is 502 g/mol. The van der Waals surface area contributed by atoms with Crippen molar-refractivity contribution in [2.45, 2.75) is 46.8 Å². The molecule has 15 nitrogen and oxygen atoms in total. The smallest absolute Gasteiger partial charge is 0.312 e. The highest BCUT2D eigenvalue weighted by Crippen LogP contribution is 2.20. The van der Waals surface area contributed by atoms with Crippen molar-refractivity contribution in [1.82, 2.24) is 21.3 Å². The number of likely N-dealkylation sites (N-methyl/N-ethyl adjacent to an activating group) is 1. The molecule has 0 aliphatic carbocycles. The number of carboxylic acids is 1. The van der Waals surface area contributed by atoms with Gasteiger partial charge in [-0.2, -0.15) is 0 Å². The fraction of sp³-hybridized carbons (Fsp3) is 0.522. The van der Waals surface area contributed by atoms with E-state index in [1.165, 1.54) is 6.07 Å². The Morgan fingerprint density at radius 2 is 1.63 bits per heavy atom. The Hall–Kier alpha value is -3.95. The van der Waals surface area contributed by atoms with Crippen LogP contribution in [0.5, 0.6) is 0 Å². The van der Waals surface area contributed by atoms with Gasteiger partial charge in [0.25, 0.3) is 5.97 Å². The first-order valence-corrected chi connectivity index (χ1v) is 11.7. The number of aliphatic hydroxyl groups is 1. The van der Waals surface area contributed by atoms with E-state index in [1.54, 1.807) is 33.0 Å². The van der Waals surface area contributed by atoms with Crippen LogP contribution in [-0.2, 0) is 25.8 Å². The van der Waals surface area contributed by atoms with E-state index >= 15 is 0 Å². The molecule has 5 amide bonds. The number of rotatable bonds is 12. The number of carbonyl (C=O) groups excluding carboxylic acids is 4. The second-order valence-corrected chi connectivity index (χ2v) is 8.04. The van der Waals surface area contributed by atoms with Gasteiger partial charge in [0.1, 0.15) is 6.04 Å². The first kappa shape index (κ1) is 36.2. The monoisotopic (exact) mass is 543 g/mol. The summed E-state index contributed by atoms with van der Waals surface area (Å²) in [5, 5.41) is 38.4. The minimum absolute atomic E-state index is 0.0854. The van der Waals surface area contributed by atoms with Crippen molar-refractivity contribution in [1.29, 1.82) is 0 Å². The number of aliphatic hydroxyl groups excluding tert-OH is 1. The third-order valence-corrected chi connectivity index (χ3v) is 4.26. The second kappa shape index (κ2) is 21.2. The molecule has 1 unspecified atom stereocenters. The molecule has 0 spiro atoms. The quantitative estimate of drug-likeness (QED) is 0.152. The topological polar surface area (TPSA) is 244 Å². The molecule has 15 heteroatoms. The minimum atomic E-state index is -0.833. The maximum absolute atomic E-state index is 12.3. The van der Waals surface area contributed by atoms with Crippen LogP contribution in [0.4, 0.5) is 16.2 Å². The number of hydrogen-bond donors (Lipinski definition) is 10. The van der Waals surface area contributed by atoms with Crippen molar-refractivity contribution in [3.8, 4) is 0 Å². The summed E-state index contributed by atoms with van der Waals surface area (Å²) >= 11 is 0. The zero-order chi connectivity index (χ0) is 29.7. The fourth-order valence-corrected chi connectivity index (χ4v) is 2.55. The summed E-state index contributed by atoms with van der Waals surface area (Å²) in [6.07, 6.45) is 0.933. The second-order valence-electron chi connectivity index (χ2n) is 8.04. The van der Waals surface area contributed by atoms with Gasteiger partial charge in [0.15, 0.2) is 0 Å². The fourth-order valence-electron chi connectivity index (χ4n) is 2.55. The summed E-state index contributed by atoms with van der Waals surface area (Å²) in [6, 6.07) is 3.34. The van der Waals surface area contributed by atoms with E-state index in [9.17, 15) is 19.2 Å². The largest absolute Gasteiger partial charge is 0.481 e. The number of aliphatic carboxylic acids is 1.